The molecule has 70 valence electrons. The molecular weight excluding hydrogens is 172 g/mol. The molecule has 0 saturated heterocycles. The Bertz CT molecular complexity index is 305. The van der Waals surface area contributed by atoms with Crippen LogP contribution < -0.4 is 5.73 Å². The van der Waals surface area contributed by atoms with Gasteiger partial charge in [-0.05, 0) is 12.1 Å². The Hall–Kier alpha value is -1.78. The first kappa shape index (κ1) is 9.31. The molecule has 0 aliphatic carbocycles. The molecule has 0 aromatic carbocycles. The zero-order valence-corrected chi connectivity index (χ0v) is 6.88. The summed E-state index contributed by atoms with van der Waals surface area (Å²) in [5, 5.41) is 8.51. The van der Waals surface area contributed by atoms with E-state index in [0.29, 0.717) is 0 Å². The fourth-order valence-corrected chi connectivity index (χ4v) is 1.07. The van der Waals surface area contributed by atoms with Crippen LogP contribution in [-0.2, 0) is 9.59 Å². The van der Waals surface area contributed by atoms with E-state index in [2.05, 4.69) is 0 Å². The maximum Gasteiger partial charge on any atom is 0.306 e. The van der Waals surface area contributed by atoms with Gasteiger partial charge in [-0.15, -0.1) is 0 Å². The van der Waals surface area contributed by atoms with E-state index in [-0.39, 0.29) is 6.42 Å². The van der Waals surface area contributed by atoms with Crippen molar-refractivity contribution in [3.63, 3.8) is 0 Å². The van der Waals surface area contributed by atoms with E-state index in [4.69, 9.17) is 10.8 Å². The van der Waals surface area contributed by atoms with Gasteiger partial charge < -0.3 is 15.4 Å². The van der Waals surface area contributed by atoms with Crippen LogP contribution in [0.15, 0.2) is 24.5 Å². The van der Waals surface area contributed by atoms with Crippen molar-refractivity contribution in [2.75, 3.05) is 0 Å². The fraction of sp³-hybridized carbons (Fsp3) is 0.250. The predicted molar refractivity (Wildman–Crippen MR) is 44.9 cm³/mol. The van der Waals surface area contributed by atoms with Crippen LogP contribution in [0.5, 0.6) is 0 Å². The Morgan fingerprint density at radius 2 is 1.92 bits per heavy atom. The molecule has 1 rings (SSSR count). The highest BCUT2D eigenvalue weighted by Gasteiger charge is 2.19. The lowest BCUT2D eigenvalue weighted by Crippen LogP contribution is -2.27. The van der Waals surface area contributed by atoms with Gasteiger partial charge in [0.15, 0.2) is 0 Å². The Balaban J connectivity index is 2.81. The summed E-state index contributed by atoms with van der Waals surface area (Å²) >= 11 is 0. The lowest BCUT2D eigenvalue weighted by atomic mass is 10.2. The molecule has 1 unspecified atom stereocenters. The molecule has 0 aliphatic heterocycles. The first-order valence-corrected chi connectivity index (χ1v) is 3.75. The highest BCUT2D eigenvalue weighted by molar-refractivity contribution is 5.83. The summed E-state index contributed by atoms with van der Waals surface area (Å²) < 4.78 is 1.48. The van der Waals surface area contributed by atoms with Gasteiger partial charge in [0, 0.05) is 12.4 Å². The quantitative estimate of drug-likeness (QED) is 0.686. The first-order valence-electron chi connectivity index (χ1n) is 3.75. The molecule has 1 heterocycles. The molecule has 0 bridgehead atoms. The number of carbonyl (C=O) groups excluding carboxylic acids is 1. The minimum Gasteiger partial charge on any atom is -0.481 e. The summed E-state index contributed by atoms with van der Waals surface area (Å²) in [6.45, 7) is 0. The number of nitrogens with zero attached hydrogens (tertiary/aromatic N) is 1. The molecule has 1 aromatic heterocycles. The molecule has 0 spiro atoms. The standard InChI is InChI=1S/C8H10N2O3/c9-8(13)6(5-7(11)12)10-3-1-2-4-10/h1-4,6H,5H2,(H2,9,13)(H,11,12). The number of carboxylic acids is 1. The Kier molecular flexibility index (Phi) is 2.69. The Labute approximate surface area is 74.8 Å². The van der Waals surface area contributed by atoms with E-state index in [0.717, 1.165) is 0 Å². The van der Waals surface area contributed by atoms with Gasteiger partial charge in [0.05, 0.1) is 6.42 Å². The number of hydrogen-bond acceptors (Lipinski definition) is 2. The lowest BCUT2D eigenvalue weighted by Gasteiger charge is -2.12. The molecule has 0 aliphatic rings. The van der Waals surface area contributed by atoms with Crippen LogP contribution in [0.1, 0.15) is 12.5 Å². The van der Waals surface area contributed by atoms with Crippen LogP contribution >= 0.6 is 0 Å². The van der Waals surface area contributed by atoms with E-state index in [1.165, 1.54) is 4.57 Å². The van der Waals surface area contributed by atoms with Crippen LogP contribution in [0.3, 0.4) is 0 Å². The van der Waals surface area contributed by atoms with Crippen LogP contribution in [-0.4, -0.2) is 21.6 Å². The van der Waals surface area contributed by atoms with Gasteiger partial charge in [-0.1, -0.05) is 0 Å². The first-order chi connectivity index (χ1) is 6.11. The minimum atomic E-state index is -1.04. The molecule has 3 N–H and O–H groups in total. The fourth-order valence-electron chi connectivity index (χ4n) is 1.07. The molecule has 13 heavy (non-hydrogen) atoms. The third kappa shape index (κ3) is 2.33. The van der Waals surface area contributed by atoms with E-state index in [1.54, 1.807) is 24.5 Å². The second kappa shape index (κ2) is 3.75. The second-order valence-corrected chi connectivity index (χ2v) is 2.65. The van der Waals surface area contributed by atoms with Gasteiger partial charge in [0.25, 0.3) is 0 Å². The number of amides is 1. The maximum absolute atomic E-state index is 10.9. The molecule has 0 fully saturated rings. The number of aliphatic carboxylic acids is 1. The number of carbonyl (C=O) groups is 2. The topological polar surface area (TPSA) is 85.3 Å². The molecule has 1 amide bonds. The van der Waals surface area contributed by atoms with Gasteiger partial charge in [0.1, 0.15) is 6.04 Å². The smallest absolute Gasteiger partial charge is 0.306 e. The maximum atomic E-state index is 10.9. The van der Waals surface area contributed by atoms with Gasteiger partial charge in [-0.25, -0.2) is 0 Å². The van der Waals surface area contributed by atoms with E-state index in [1.807, 2.05) is 0 Å². The van der Waals surface area contributed by atoms with Crippen molar-refractivity contribution in [1.82, 2.24) is 4.57 Å². The Morgan fingerprint density at radius 3 is 2.31 bits per heavy atom. The predicted octanol–water partition coefficient (Wildman–Crippen LogP) is -0.0108. The number of aromatic nitrogens is 1. The second-order valence-electron chi connectivity index (χ2n) is 2.65. The number of hydrogen-bond donors (Lipinski definition) is 2. The Morgan fingerprint density at radius 1 is 1.38 bits per heavy atom. The van der Waals surface area contributed by atoms with Crippen LogP contribution in [0, 0.1) is 0 Å². The van der Waals surface area contributed by atoms with Crippen molar-refractivity contribution in [3.8, 4) is 0 Å². The molecule has 1 aromatic rings. The van der Waals surface area contributed by atoms with Gasteiger partial charge in [-0.3, -0.25) is 9.59 Å². The largest absolute Gasteiger partial charge is 0.481 e. The minimum absolute atomic E-state index is 0.288. The van der Waals surface area contributed by atoms with Crippen molar-refractivity contribution in [2.45, 2.75) is 12.5 Å². The summed E-state index contributed by atoms with van der Waals surface area (Å²) in [6, 6.07) is 2.61. The highest BCUT2D eigenvalue weighted by atomic mass is 16.4. The normalized spacial score (nSPS) is 12.3. The van der Waals surface area contributed by atoms with Crippen molar-refractivity contribution >= 4 is 11.9 Å². The van der Waals surface area contributed by atoms with E-state index < -0.39 is 17.9 Å². The van der Waals surface area contributed by atoms with Crippen molar-refractivity contribution in [1.29, 1.82) is 0 Å². The summed E-state index contributed by atoms with van der Waals surface area (Å²) in [4.78, 5) is 21.3. The third-order valence-electron chi connectivity index (χ3n) is 1.68. The summed E-state index contributed by atoms with van der Waals surface area (Å²) in [7, 11) is 0. The van der Waals surface area contributed by atoms with Crippen molar-refractivity contribution < 1.29 is 14.7 Å². The summed E-state index contributed by atoms with van der Waals surface area (Å²) in [5.41, 5.74) is 5.05. The average molecular weight is 182 g/mol. The molecule has 5 nitrogen and oxygen atoms in total. The lowest BCUT2D eigenvalue weighted by molar-refractivity contribution is -0.140. The summed E-state index contributed by atoms with van der Waals surface area (Å²) in [6.07, 6.45) is 2.93. The summed E-state index contributed by atoms with van der Waals surface area (Å²) in [5.74, 6) is -1.68. The number of primary amides is 1. The number of rotatable bonds is 4. The molecule has 1 atom stereocenters. The number of nitrogens with two attached hydrogens (primary N) is 1. The zero-order valence-electron chi connectivity index (χ0n) is 6.88. The average Bonchev–Trinajstić information content (AvgIpc) is 2.50. The van der Waals surface area contributed by atoms with Crippen LogP contribution in [0.25, 0.3) is 0 Å². The molecule has 5 heteroatoms. The van der Waals surface area contributed by atoms with E-state index in [9.17, 15) is 9.59 Å². The molecular formula is C8H10N2O3. The van der Waals surface area contributed by atoms with Crippen LogP contribution in [0.4, 0.5) is 0 Å². The highest BCUT2D eigenvalue weighted by Crippen LogP contribution is 2.10. The van der Waals surface area contributed by atoms with E-state index >= 15 is 0 Å². The molecule has 0 saturated carbocycles. The SMILES string of the molecule is NC(=O)C(CC(=O)O)n1cccc1. The zero-order chi connectivity index (χ0) is 9.84. The third-order valence-corrected chi connectivity index (χ3v) is 1.68. The van der Waals surface area contributed by atoms with Gasteiger partial charge >= 0.3 is 5.97 Å². The van der Waals surface area contributed by atoms with Crippen molar-refractivity contribution in [3.05, 3.63) is 24.5 Å². The van der Waals surface area contributed by atoms with Gasteiger partial charge in [-0.2, -0.15) is 0 Å². The van der Waals surface area contributed by atoms with Gasteiger partial charge in [0.2, 0.25) is 5.91 Å². The molecule has 0 radical (unpaired) electrons. The number of carboxylic acid groups (broad SMARTS) is 1. The van der Waals surface area contributed by atoms with Crippen LogP contribution in [0.2, 0.25) is 0 Å². The monoisotopic (exact) mass is 182 g/mol. The van der Waals surface area contributed by atoms with Crippen molar-refractivity contribution in [2.24, 2.45) is 5.73 Å².